The molecule has 1 rings (SSSR count). The number of hydrogen-bond donors (Lipinski definition) is 2. The van der Waals surface area contributed by atoms with Crippen LogP contribution in [-0.4, -0.2) is 43.7 Å². The van der Waals surface area contributed by atoms with Crippen LogP contribution in [0, 0.1) is 0 Å². The van der Waals surface area contributed by atoms with Crippen molar-refractivity contribution in [1.82, 2.24) is 25.5 Å². The van der Waals surface area contributed by atoms with Gasteiger partial charge in [0, 0.05) is 13.0 Å². The van der Waals surface area contributed by atoms with E-state index in [4.69, 9.17) is 5.11 Å². The summed E-state index contributed by atoms with van der Waals surface area (Å²) in [4.78, 5) is 21.6. The van der Waals surface area contributed by atoms with Crippen molar-refractivity contribution in [2.24, 2.45) is 0 Å². The smallest absolute Gasteiger partial charge is 0.303 e. The third-order valence-electron chi connectivity index (χ3n) is 2.09. The topological polar surface area (TPSA) is 110 Å². The highest BCUT2D eigenvalue weighted by molar-refractivity contribution is 5.75. The van der Waals surface area contributed by atoms with Crippen LogP contribution in [-0.2, 0) is 16.1 Å². The lowest BCUT2D eigenvalue weighted by Gasteiger charge is -2.03. The fourth-order valence-corrected chi connectivity index (χ4v) is 1.26. The van der Waals surface area contributed by atoms with Crippen LogP contribution in [0.5, 0.6) is 0 Å². The number of nitrogens with one attached hydrogen (secondary N) is 1. The van der Waals surface area contributed by atoms with E-state index >= 15 is 0 Å². The second-order valence-electron chi connectivity index (χ2n) is 3.56. The first kappa shape index (κ1) is 13.1. The van der Waals surface area contributed by atoms with E-state index in [2.05, 4.69) is 20.8 Å². The molecule has 0 saturated heterocycles. The monoisotopic (exact) mass is 241 g/mol. The number of rotatable bonds is 8. The maximum absolute atomic E-state index is 11.3. The molecule has 8 heteroatoms. The first-order chi connectivity index (χ1) is 8.18. The van der Waals surface area contributed by atoms with Gasteiger partial charge in [0.05, 0.1) is 0 Å². The number of carboxylic acid groups (broad SMARTS) is 1. The lowest BCUT2D eigenvalue weighted by Crippen LogP contribution is -2.28. The molecule has 94 valence electrons. The molecule has 0 unspecified atom stereocenters. The number of unbranched alkanes of at least 4 members (excludes halogenated alkanes) is 2. The molecule has 8 nitrogen and oxygen atoms in total. The first-order valence-corrected chi connectivity index (χ1v) is 5.38. The van der Waals surface area contributed by atoms with Gasteiger partial charge in [0.2, 0.25) is 5.91 Å². The summed E-state index contributed by atoms with van der Waals surface area (Å²) in [5, 5.41) is 21.5. The van der Waals surface area contributed by atoms with Gasteiger partial charge in [-0.3, -0.25) is 9.59 Å². The highest BCUT2D eigenvalue weighted by atomic mass is 16.4. The van der Waals surface area contributed by atoms with Gasteiger partial charge in [-0.1, -0.05) is 6.42 Å². The van der Waals surface area contributed by atoms with Gasteiger partial charge in [0.1, 0.15) is 12.9 Å². The van der Waals surface area contributed by atoms with Crippen molar-refractivity contribution in [3.63, 3.8) is 0 Å². The molecule has 0 aliphatic carbocycles. The van der Waals surface area contributed by atoms with Crippen LogP contribution in [0.15, 0.2) is 6.33 Å². The van der Waals surface area contributed by atoms with Crippen molar-refractivity contribution in [1.29, 1.82) is 0 Å². The van der Waals surface area contributed by atoms with Gasteiger partial charge in [0.25, 0.3) is 0 Å². The molecule has 0 aromatic carbocycles. The number of carboxylic acids is 1. The van der Waals surface area contributed by atoms with Crippen molar-refractivity contribution in [2.45, 2.75) is 32.2 Å². The third-order valence-corrected chi connectivity index (χ3v) is 2.09. The third kappa shape index (κ3) is 6.23. The zero-order valence-corrected chi connectivity index (χ0v) is 9.37. The molecule has 0 fully saturated rings. The Labute approximate surface area is 98.0 Å². The molecule has 1 aromatic heterocycles. The normalized spacial score (nSPS) is 10.1. The average molecular weight is 241 g/mol. The van der Waals surface area contributed by atoms with E-state index in [0.29, 0.717) is 13.0 Å². The average Bonchev–Trinajstić information content (AvgIpc) is 2.75. The summed E-state index contributed by atoms with van der Waals surface area (Å²) in [7, 11) is 0. The summed E-state index contributed by atoms with van der Waals surface area (Å²) in [5.41, 5.74) is 0. The summed E-state index contributed by atoms with van der Waals surface area (Å²) < 4.78 is 1.33. The summed E-state index contributed by atoms with van der Waals surface area (Å²) in [6, 6.07) is 0. The SMILES string of the molecule is O=C(O)CCCCCNC(=O)Cn1cnnn1. The Hall–Kier alpha value is -1.99. The Morgan fingerprint density at radius 3 is 2.76 bits per heavy atom. The number of hydrogen-bond acceptors (Lipinski definition) is 5. The lowest BCUT2D eigenvalue weighted by molar-refractivity contribution is -0.137. The Morgan fingerprint density at radius 1 is 1.29 bits per heavy atom. The van der Waals surface area contributed by atoms with Crippen LogP contribution in [0.25, 0.3) is 0 Å². The summed E-state index contributed by atoms with van der Waals surface area (Å²) in [6.07, 6.45) is 3.75. The Kier molecular flexibility index (Phi) is 5.62. The van der Waals surface area contributed by atoms with Gasteiger partial charge in [-0.15, -0.1) is 5.10 Å². The van der Waals surface area contributed by atoms with Crippen molar-refractivity contribution in [3.05, 3.63) is 6.33 Å². The number of tetrazole rings is 1. The fourth-order valence-electron chi connectivity index (χ4n) is 1.26. The van der Waals surface area contributed by atoms with E-state index in [1.807, 2.05) is 0 Å². The maximum atomic E-state index is 11.3. The van der Waals surface area contributed by atoms with Crippen molar-refractivity contribution < 1.29 is 14.7 Å². The maximum Gasteiger partial charge on any atom is 0.303 e. The van der Waals surface area contributed by atoms with E-state index in [1.165, 1.54) is 11.0 Å². The molecule has 0 aliphatic heterocycles. The van der Waals surface area contributed by atoms with Gasteiger partial charge in [0.15, 0.2) is 0 Å². The standard InChI is InChI=1S/C9H15N5O3/c15-8(6-14-7-11-12-13-14)10-5-3-1-2-4-9(16)17/h7H,1-6H2,(H,10,15)(H,16,17). The summed E-state index contributed by atoms with van der Waals surface area (Å²) in [6.45, 7) is 0.642. The minimum atomic E-state index is -0.785. The zero-order chi connectivity index (χ0) is 12.5. The molecule has 1 heterocycles. The molecule has 2 N–H and O–H groups in total. The van der Waals surface area contributed by atoms with Crippen LogP contribution < -0.4 is 5.32 Å². The molecule has 1 aromatic rings. The fraction of sp³-hybridized carbons (Fsp3) is 0.667. The van der Waals surface area contributed by atoms with Crippen molar-refractivity contribution in [2.75, 3.05) is 6.54 Å². The first-order valence-electron chi connectivity index (χ1n) is 5.38. The molecular formula is C9H15N5O3. The Balaban J connectivity index is 1.99. The molecule has 0 bridgehead atoms. The van der Waals surface area contributed by atoms with Crippen LogP contribution in [0.3, 0.4) is 0 Å². The molecule has 17 heavy (non-hydrogen) atoms. The molecule has 0 radical (unpaired) electrons. The highest BCUT2D eigenvalue weighted by Gasteiger charge is 2.02. The molecule has 0 aliphatic rings. The Morgan fingerprint density at radius 2 is 2.12 bits per heavy atom. The van der Waals surface area contributed by atoms with E-state index in [-0.39, 0.29) is 18.9 Å². The molecule has 0 saturated carbocycles. The molecule has 1 amide bonds. The van der Waals surface area contributed by atoms with Crippen molar-refractivity contribution in [3.8, 4) is 0 Å². The number of carbonyl (C=O) groups is 2. The van der Waals surface area contributed by atoms with E-state index < -0.39 is 5.97 Å². The highest BCUT2D eigenvalue weighted by Crippen LogP contribution is 1.98. The number of aromatic nitrogens is 4. The summed E-state index contributed by atoms with van der Waals surface area (Å²) in [5.74, 6) is -0.941. The number of aliphatic carboxylic acids is 1. The van der Waals surface area contributed by atoms with Crippen LogP contribution in [0.1, 0.15) is 25.7 Å². The predicted molar refractivity (Wildman–Crippen MR) is 56.9 cm³/mol. The van der Waals surface area contributed by atoms with Gasteiger partial charge < -0.3 is 10.4 Å². The van der Waals surface area contributed by atoms with E-state index in [9.17, 15) is 9.59 Å². The largest absolute Gasteiger partial charge is 0.481 e. The van der Waals surface area contributed by atoms with Crippen molar-refractivity contribution >= 4 is 11.9 Å². The lowest BCUT2D eigenvalue weighted by atomic mass is 10.2. The second kappa shape index (κ2) is 7.31. The minimum absolute atomic E-state index is 0.0993. The zero-order valence-electron chi connectivity index (χ0n) is 9.37. The minimum Gasteiger partial charge on any atom is -0.481 e. The number of carbonyl (C=O) groups excluding carboxylic acids is 1. The van der Waals surface area contributed by atoms with Crippen LogP contribution in [0.4, 0.5) is 0 Å². The van der Waals surface area contributed by atoms with Crippen LogP contribution >= 0.6 is 0 Å². The van der Waals surface area contributed by atoms with Gasteiger partial charge >= 0.3 is 5.97 Å². The number of amides is 1. The summed E-state index contributed by atoms with van der Waals surface area (Å²) >= 11 is 0. The quantitative estimate of drug-likeness (QED) is 0.590. The van der Waals surface area contributed by atoms with Gasteiger partial charge in [-0.25, -0.2) is 4.68 Å². The molecule has 0 atom stereocenters. The predicted octanol–water partition coefficient (Wildman–Crippen LogP) is -0.566. The molecular weight excluding hydrogens is 226 g/mol. The van der Waals surface area contributed by atoms with Crippen LogP contribution in [0.2, 0.25) is 0 Å². The van der Waals surface area contributed by atoms with Gasteiger partial charge in [-0.2, -0.15) is 0 Å². The Bertz CT molecular complexity index is 352. The van der Waals surface area contributed by atoms with E-state index in [1.54, 1.807) is 0 Å². The number of nitrogens with zero attached hydrogens (tertiary/aromatic N) is 4. The van der Waals surface area contributed by atoms with E-state index in [0.717, 1.165) is 12.8 Å². The second-order valence-corrected chi connectivity index (χ2v) is 3.56. The van der Waals surface area contributed by atoms with Gasteiger partial charge in [-0.05, 0) is 23.3 Å². The molecule has 0 spiro atoms.